The van der Waals surface area contributed by atoms with Gasteiger partial charge in [0.1, 0.15) is 0 Å². The lowest BCUT2D eigenvalue weighted by Gasteiger charge is -2.35. The minimum atomic E-state index is 0.597. The lowest BCUT2D eigenvalue weighted by atomic mass is 9.73. The lowest BCUT2D eigenvalue weighted by Crippen LogP contribution is -2.36. The monoisotopic (exact) mass is 294 g/mol. The molecule has 0 spiro atoms. The molecule has 1 N–H and O–H groups in total. The molecule has 1 aromatic heterocycles. The Morgan fingerprint density at radius 3 is 2.60 bits per heavy atom. The van der Waals surface area contributed by atoms with E-state index in [1.807, 2.05) is 11.3 Å². The average Bonchev–Trinajstić information content (AvgIpc) is 2.67. The number of rotatable bonds is 5. The Morgan fingerprint density at radius 2 is 2.00 bits per heavy atom. The highest BCUT2D eigenvalue weighted by atomic mass is 32.1. The maximum absolute atomic E-state index is 4.76. The molecule has 1 heterocycles. The summed E-state index contributed by atoms with van der Waals surface area (Å²) in [5.41, 5.74) is 1.23. The molecule has 0 bridgehead atoms. The zero-order valence-corrected chi connectivity index (χ0v) is 14.5. The summed E-state index contributed by atoms with van der Waals surface area (Å²) >= 11 is 1.90. The van der Waals surface area contributed by atoms with Gasteiger partial charge in [0.15, 0.2) is 0 Å². The number of aromatic nitrogens is 1. The zero-order chi connectivity index (χ0) is 14.7. The van der Waals surface area contributed by atoms with Gasteiger partial charge in [-0.15, -0.1) is 11.3 Å². The SMILES string of the molecule is Cc1nc(CC2CC(C)CCC2CNC(C)C)sc1C. The van der Waals surface area contributed by atoms with Gasteiger partial charge in [0.25, 0.3) is 0 Å². The van der Waals surface area contributed by atoms with Gasteiger partial charge in [0.05, 0.1) is 10.7 Å². The number of aryl methyl sites for hydroxylation is 2. The molecule has 1 aliphatic carbocycles. The van der Waals surface area contributed by atoms with Crippen molar-refractivity contribution in [2.45, 2.75) is 66.3 Å². The van der Waals surface area contributed by atoms with E-state index < -0.39 is 0 Å². The summed E-state index contributed by atoms with van der Waals surface area (Å²) in [4.78, 5) is 6.15. The maximum Gasteiger partial charge on any atom is 0.0933 e. The van der Waals surface area contributed by atoms with Gasteiger partial charge in [-0.05, 0) is 51.0 Å². The van der Waals surface area contributed by atoms with Crippen LogP contribution < -0.4 is 5.32 Å². The number of thiazole rings is 1. The van der Waals surface area contributed by atoms with Crippen LogP contribution in [0.4, 0.5) is 0 Å². The molecule has 2 rings (SSSR count). The molecule has 3 unspecified atom stereocenters. The first-order valence-corrected chi connectivity index (χ1v) is 8.93. The van der Waals surface area contributed by atoms with E-state index in [2.05, 4.69) is 39.9 Å². The minimum absolute atomic E-state index is 0.597. The van der Waals surface area contributed by atoms with E-state index >= 15 is 0 Å². The molecule has 2 nitrogen and oxygen atoms in total. The van der Waals surface area contributed by atoms with Crippen LogP contribution in [0.2, 0.25) is 0 Å². The number of hydrogen-bond acceptors (Lipinski definition) is 3. The number of hydrogen-bond donors (Lipinski definition) is 1. The quantitative estimate of drug-likeness (QED) is 0.873. The molecular formula is C17H30N2S. The van der Waals surface area contributed by atoms with Crippen molar-refractivity contribution in [2.24, 2.45) is 17.8 Å². The Morgan fingerprint density at radius 1 is 1.25 bits per heavy atom. The lowest BCUT2D eigenvalue weighted by molar-refractivity contribution is 0.181. The third kappa shape index (κ3) is 4.29. The molecule has 114 valence electrons. The summed E-state index contributed by atoms with van der Waals surface area (Å²) < 4.78 is 0. The Labute approximate surface area is 128 Å². The summed E-state index contributed by atoms with van der Waals surface area (Å²) in [6.07, 6.45) is 5.35. The van der Waals surface area contributed by atoms with E-state index in [1.165, 1.54) is 47.8 Å². The van der Waals surface area contributed by atoms with Crippen LogP contribution >= 0.6 is 11.3 Å². The molecule has 0 aliphatic heterocycles. The topological polar surface area (TPSA) is 24.9 Å². The van der Waals surface area contributed by atoms with Crippen molar-refractivity contribution in [1.82, 2.24) is 10.3 Å². The van der Waals surface area contributed by atoms with Crippen molar-refractivity contribution in [3.05, 3.63) is 15.6 Å². The number of nitrogens with one attached hydrogen (secondary N) is 1. The normalized spacial score (nSPS) is 27.2. The summed E-state index contributed by atoms with van der Waals surface area (Å²) in [5.74, 6) is 2.53. The minimum Gasteiger partial charge on any atom is -0.314 e. The van der Waals surface area contributed by atoms with Crippen LogP contribution in [0, 0.1) is 31.6 Å². The zero-order valence-electron chi connectivity index (χ0n) is 13.7. The molecule has 1 aromatic rings. The smallest absolute Gasteiger partial charge is 0.0933 e. The van der Waals surface area contributed by atoms with Crippen LogP contribution in [0.15, 0.2) is 0 Å². The Bertz CT molecular complexity index is 405. The fourth-order valence-electron chi connectivity index (χ4n) is 3.32. The maximum atomic E-state index is 4.76. The van der Waals surface area contributed by atoms with Gasteiger partial charge >= 0.3 is 0 Å². The molecule has 3 atom stereocenters. The Balaban J connectivity index is 1.99. The summed E-state index contributed by atoms with van der Waals surface area (Å²) in [6.45, 7) is 12.4. The first-order valence-electron chi connectivity index (χ1n) is 8.12. The van der Waals surface area contributed by atoms with Crippen molar-refractivity contribution < 1.29 is 0 Å². The van der Waals surface area contributed by atoms with Gasteiger partial charge < -0.3 is 5.32 Å². The van der Waals surface area contributed by atoms with Crippen molar-refractivity contribution in [2.75, 3.05) is 6.54 Å². The third-order valence-corrected chi connectivity index (χ3v) is 5.80. The average molecular weight is 295 g/mol. The van der Waals surface area contributed by atoms with Crippen LogP contribution in [-0.4, -0.2) is 17.6 Å². The molecule has 0 aromatic carbocycles. The standard InChI is InChI=1S/C17H30N2S/c1-11(2)18-10-15-7-6-12(3)8-16(15)9-17-19-13(4)14(5)20-17/h11-12,15-16,18H,6-10H2,1-5H3. The van der Waals surface area contributed by atoms with Gasteiger partial charge in [-0.3, -0.25) is 0 Å². The van der Waals surface area contributed by atoms with Crippen LogP contribution in [0.5, 0.6) is 0 Å². The van der Waals surface area contributed by atoms with Crippen molar-refractivity contribution in [3.8, 4) is 0 Å². The highest BCUT2D eigenvalue weighted by Gasteiger charge is 2.29. The molecule has 0 saturated heterocycles. The van der Waals surface area contributed by atoms with E-state index in [-0.39, 0.29) is 0 Å². The first kappa shape index (κ1) is 16.0. The van der Waals surface area contributed by atoms with Gasteiger partial charge in [-0.2, -0.15) is 0 Å². The van der Waals surface area contributed by atoms with Gasteiger partial charge in [0, 0.05) is 17.3 Å². The molecule has 1 aliphatic rings. The third-order valence-electron chi connectivity index (χ3n) is 4.70. The molecule has 3 heteroatoms. The fraction of sp³-hybridized carbons (Fsp3) is 0.824. The molecule has 20 heavy (non-hydrogen) atoms. The van der Waals surface area contributed by atoms with Gasteiger partial charge in [-0.1, -0.05) is 27.2 Å². The van der Waals surface area contributed by atoms with E-state index in [0.717, 1.165) is 17.8 Å². The Kier molecular flexibility index (Phi) is 5.62. The molecule has 0 amide bonds. The second-order valence-electron chi connectivity index (χ2n) is 6.95. The van der Waals surface area contributed by atoms with E-state index in [4.69, 9.17) is 4.98 Å². The predicted molar refractivity (Wildman–Crippen MR) is 88.4 cm³/mol. The van der Waals surface area contributed by atoms with Gasteiger partial charge in [0.2, 0.25) is 0 Å². The van der Waals surface area contributed by atoms with Crippen LogP contribution in [0.3, 0.4) is 0 Å². The summed E-state index contributed by atoms with van der Waals surface area (Å²) in [7, 11) is 0. The molecule has 1 saturated carbocycles. The van der Waals surface area contributed by atoms with Crippen molar-refractivity contribution in [1.29, 1.82) is 0 Å². The van der Waals surface area contributed by atoms with E-state index in [0.29, 0.717) is 6.04 Å². The largest absolute Gasteiger partial charge is 0.314 e. The first-order chi connectivity index (χ1) is 9.45. The second-order valence-corrected chi connectivity index (χ2v) is 8.24. The van der Waals surface area contributed by atoms with Crippen LogP contribution in [0.25, 0.3) is 0 Å². The van der Waals surface area contributed by atoms with Crippen molar-refractivity contribution >= 4 is 11.3 Å². The fourth-order valence-corrected chi connectivity index (χ4v) is 4.34. The van der Waals surface area contributed by atoms with Gasteiger partial charge in [-0.25, -0.2) is 4.98 Å². The second kappa shape index (κ2) is 7.04. The molecule has 0 radical (unpaired) electrons. The predicted octanol–water partition coefficient (Wildman–Crippen LogP) is 4.35. The molecular weight excluding hydrogens is 264 g/mol. The highest BCUT2D eigenvalue weighted by Crippen LogP contribution is 2.36. The van der Waals surface area contributed by atoms with Crippen LogP contribution in [0.1, 0.15) is 55.6 Å². The highest BCUT2D eigenvalue weighted by molar-refractivity contribution is 7.11. The summed E-state index contributed by atoms with van der Waals surface area (Å²) in [5, 5.41) is 5.00. The Hall–Kier alpha value is -0.410. The summed E-state index contributed by atoms with van der Waals surface area (Å²) in [6, 6.07) is 0.597. The molecule has 1 fully saturated rings. The van der Waals surface area contributed by atoms with E-state index in [1.54, 1.807) is 0 Å². The van der Waals surface area contributed by atoms with Crippen molar-refractivity contribution in [3.63, 3.8) is 0 Å². The van der Waals surface area contributed by atoms with Crippen LogP contribution in [-0.2, 0) is 6.42 Å². The number of nitrogens with zero attached hydrogens (tertiary/aromatic N) is 1. The van der Waals surface area contributed by atoms with E-state index in [9.17, 15) is 0 Å².